The molecule has 1 aliphatic heterocycles. The number of fused-ring (bicyclic) bond motifs is 1. The van der Waals surface area contributed by atoms with Crippen LogP contribution in [0.15, 0.2) is 66.1 Å². The van der Waals surface area contributed by atoms with E-state index >= 15 is 0 Å². The molecule has 9 heteroatoms. The number of hydrogen-bond donors (Lipinski definition) is 1. The Morgan fingerprint density at radius 3 is 2.27 bits per heavy atom. The fourth-order valence-electron chi connectivity index (χ4n) is 6.45. The molecule has 218 valence electrons. The van der Waals surface area contributed by atoms with Crippen LogP contribution in [0, 0.1) is 0 Å². The number of alkyl halides is 2. The number of benzene rings is 1. The average Bonchev–Trinajstić information content (AvgIpc) is 2.97. The quantitative estimate of drug-likeness (QED) is 0.364. The van der Waals surface area contributed by atoms with E-state index in [1.165, 1.54) is 6.08 Å². The molecule has 1 saturated carbocycles. The second-order valence-corrected chi connectivity index (χ2v) is 11.7. The zero-order valence-electron chi connectivity index (χ0n) is 24.1. The lowest BCUT2D eigenvalue weighted by Crippen LogP contribution is -2.58. The van der Waals surface area contributed by atoms with Crippen molar-refractivity contribution in [3.8, 4) is 0 Å². The van der Waals surface area contributed by atoms with Crippen LogP contribution in [0.25, 0.3) is 10.9 Å². The molecule has 3 aromatic rings. The molecule has 5 rings (SSSR count). The summed E-state index contributed by atoms with van der Waals surface area (Å²) in [5, 5.41) is 4.36. The summed E-state index contributed by atoms with van der Waals surface area (Å²) in [6.07, 6.45) is 3.57. The third kappa shape index (κ3) is 5.77. The monoisotopic (exact) mass is 563 g/mol. The SMILES string of the molecule is C=CC(=O)N1CCN(C2(c3ccc([C@@H](C)Nc4cc5c(ccc(=O)n5C(C)C)cn4)cc3)CCC(F)(F)CC2)CC1. The zero-order chi connectivity index (χ0) is 29.4. The summed E-state index contributed by atoms with van der Waals surface area (Å²) >= 11 is 0. The molecule has 1 N–H and O–H groups in total. The number of piperazine rings is 1. The molecule has 1 saturated heterocycles. The topological polar surface area (TPSA) is 70.5 Å². The van der Waals surface area contributed by atoms with Gasteiger partial charge >= 0.3 is 0 Å². The molecule has 7 nitrogen and oxygen atoms in total. The van der Waals surface area contributed by atoms with Crippen molar-refractivity contribution in [1.29, 1.82) is 0 Å². The maximum atomic E-state index is 14.3. The predicted molar refractivity (Wildman–Crippen MR) is 158 cm³/mol. The Bertz CT molecular complexity index is 1470. The number of carbonyl (C=O) groups excluding carboxylic acids is 1. The van der Waals surface area contributed by atoms with E-state index in [4.69, 9.17) is 0 Å². The van der Waals surface area contributed by atoms with Crippen LogP contribution in [0.4, 0.5) is 14.6 Å². The molecule has 2 aliphatic rings. The number of carbonyl (C=O) groups is 1. The van der Waals surface area contributed by atoms with Gasteiger partial charge in [0.25, 0.3) is 5.56 Å². The number of aromatic nitrogens is 2. The molecule has 2 aromatic heterocycles. The standard InChI is InChI=1S/C32H39F2N5O2/c1-5-29(40)37-16-18-38(19-17-37)31(12-14-32(33,34)15-13-31)26-9-6-24(7-10-26)23(4)36-28-20-27-25(21-35-28)8-11-30(41)39(27)22(2)3/h5-11,20-23H,1,12-19H2,2-4H3,(H,35,36)/t23-/m1/s1. The van der Waals surface area contributed by atoms with E-state index in [0.717, 1.165) is 22.0 Å². The smallest absolute Gasteiger partial charge is 0.251 e. The van der Waals surface area contributed by atoms with Gasteiger partial charge in [0.1, 0.15) is 5.82 Å². The van der Waals surface area contributed by atoms with Crippen molar-refractivity contribution in [2.24, 2.45) is 0 Å². The Morgan fingerprint density at radius 2 is 1.66 bits per heavy atom. The molecule has 3 heterocycles. The van der Waals surface area contributed by atoms with Crippen LogP contribution in [-0.2, 0) is 10.3 Å². The van der Waals surface area contributed by atoms with Gasteiger partial charge in [0, 0.05) is 80.4 Å². The summed E-state index contributed by atoms with van der Waals surface area (Å²) < 4.78 is 30.4. The largest absolute Gasteiger partial charge is 0.363 e. The molecule has 1 aromatic carbocycles. The van der Waals surface area contributed by atoms with Crippen molar-refractivity contribution < 1.29 is 13.6 Å². The van der Waals surface area contributed by atoms with Crippen LogP contribution < -0.4 is 10.9 Å². The Labute approximate surface area is 239 Å². The van der Waals surface area contributed by atoms with Gasteiger partial charge in [0.15, 0.2) is 0 Å². The Hall–Kier alpha value is -3.59. The van der Waals surface area contributed by atoms with Crippen LogP contribution in [-0.4, -0.2) is 57.4 Å². The summed E-state index contributed by atoms with van der Waals surface area (Å²) in [4.78, 5) is 33.2. The van der Waals surface area contributed by atoms with E-state index in [0.29, 0.717) is 44.8 Å². The van der Waals surface area contributed by atoms with Gasteiger partial charge in [0.05, 0.1) is 5.52 Å². The average molecular weight is 564 g/mol. The summed E-state index contributed by atoms with van der Waals surface area (Å²) in [6.45, 7) is 12.0. The Balaban J connectivity index is 1.37. The third-order valence-electron chi connectivity index (χ3n) is 8.82. The highest BCUT2D eigenvalue weighted by atomic mass is 19.3. The first-order valence-electron chi connectivity index (χ1n) is 14.5. The van der Waals surface area contributed by atoms with Crippen LogP contribution >= 0.6 is 0 Å². The normalized spacial score (nSPS) is 19.7. The minimum Gasteiger partial charge on any atom is -0.363 e. The van der Waals surface area contributed by atoms with Crippen molar-refractivity contribution in [3.05, 3.63) is 82.8 Å². The van der Waals surface area contributed by atoms with Gasteiger partial charge in [-0.15, -0.1) is 0 Å². The maximum absolute atomic E-state index is 14.3. The highest BCUT2D eigenvalue weighted by Crippen LogP contribution is 2.48. The lowest BCUT2D eigenvalue weighted by atomic mass is 9.73. The molecule has 1 amide bonds. The fraction of sp³-hybridized carbons (Fsp3) is 0.469. The molecule has 0 unspecified atom stereocenters. The van der Waals surface area contributed by atoms with E-state index in [1.54, 1.807) is 27.8 Å². The zero-order valence-corrected chi connectivity index (χ0v) is 24.1. The number of anilines is 1. The van der Waals surface area contributed by atoms with Gasteiger partial charge < -0.3 is 14.8 Å². The first-order chi connectivity index (χ1) is 19.5. The molecule has 41 heavy (non-hydrogen) atoms. The lowest BCUT2D eigenvalue weighted by Gasteiger charge is -2.51. The number of nitrogens with one attached hydrogen (secondary N) is 1. The number of halogens is 2. The molecule has 0 bridgehead atoms. The van der Waals surface area contributed by atoms with Gasteiger partial charge in [-0.25, -0.2) is 13.8 Å². The van der Waals surface area contributed by atoms with E-state index in [-0.39, 0.29) is 36.4 Å². The van der Waals surface area contributed by atoms with Crippen molar-refractivity contribution in [2.75, 3.05) is 31.5 Å². The van der Waals surface area contributed by atoms with Crippen molar-refractivity contribution in [1.82, 2.24) is 19.4 Å². The summed E-state index contributed by atoms with van der Waals surface area (Å²) in [6, 6.07) is 13.5. The van der Waals surface area contributed by atoms with Crippen LogP contribution in [0.1, 0.15) is 69.7 Å². The fourth-order valence-corrected chi connectivity index (χ4v) is 6.45. The second-order valence-electron chi connectivity index (χ2n) is 11.7. The predicted octanol–water partition coefficient (Wildman–Crippen LogP) is 5.89. The molecule has 1 atom stereocenters. The Kier molecular flexibility index (Phi) is 8.01. The molecule has 2 fully saturated rings. The number of hydrogen-bond acceptors (Lipinski definition) is 5. The van der Waals surface area contributed by atoms with Crippen LogP contribution in [0.3, 0.4) is 0 Å². The van der Waals surface area contributed by atoms with Crippen LogP contribution in [0.2, 0.25) is 0 Å². The van der Waals surface area contributed by atoms with Crippen molar-refractivity contribution in [3.63, 3.8) is 0 Å². The summed E-state index contributed by atoms with van der Waals surface area (Å²) in [7, 11) is 0. The van der Waals surface area contributed by atoms with E-state index < -0.39 is 11.5 Å². The summed E-state index contributed by atoms with van der Waals surface area (Å²) in [5.41, 5.74) is 2.38. The maximum Gasteiger partial charge on any atom is 0.251 e. The van der Waals surface area contributed by atoms with Gasteiger partial charge in [-0.2, -0.15) is 0 Å². The summed E-state index contributed by atoms with van der Waals surface area (Å²) in [5.74, 6) is -2.06. The highest BCUT2D eigenvalue weighted by Gasteiger charge is 2.48. The van der Waals surface area contributed by atoms with E-state index in [1.807, 2.05) is 26.8 Å². The molecule has 0 spiro atoms. The van der Waals surface area contributed by atoms with Gasteiger partial charge in [0.2, 0.25) is 11.8 Å². The first-order valence-corrected chi connectivity index (χ1v) is 14.5. The number of rotatable bonds is 7. The van der Waals surface area contributed by atoms with Crippen molar-refractivity contribution in [2.45, 2.75) is 70.0 Å². The van der Waals surface area contributed by atoms with Gasteiger partial charge in [-0.1, -0.05) is 30.8 Å². The van der Waals surface area contributed by atoms with E-state index in [9.17, 15) is 18.4 Å². The van der Waals surface area contributed by atoms with Gasteiger partial charge in [-0.05, 0) is 56.9 Å². The van der Waals surface area contributed by atoms with E-state index in [2.05, 4.69) is 46.0 Å². The molecule has 0 radical (unpaired) electrons. The molecular formula is C32H39F2N5O2. The highest BCUT2D eigenvalue weighted by molar-refractivity contribution is 5.87. The number of nitrogens with zero attached hydrogens (tertiary/aromatic N) is 4. The Morgan fingerprint density at radius 1 is 1.00 bits per heavy atom. The lowest BCUT2D eigenvalue weighted by molar-refractivity contribution is -0.130. The molecular weight excluding hydrogens is 524 g/mol. The third-order valence-corrected chi connectivity index (χ3v) is 8.82. The minimum absolute atomic E-state index is 0.0175. The first kappa shape index (κ1) is 28.9. The van der Waals surface area contributed by atoms with Crippen molar-refractivity contribution >= 4 is 22.6 Å². The molecule has 1 aliphatic carbocycles. The van der Waals surface area contributed by atoms with Gasteiger partial charge in [-0.3, -0.25) is 14.5 Å². The number of amides is 1. The minimum atomic E-state index is -2.64. The van der Waals surface area contributed by atoms with Crippen LogP contribution in [0.5, 0.6) is 0 Å². The second kappa shape index (κ2) is 11.4. The number of pyridine rings is 2.